The molecule has 0 bridgehead atoms. The van der Waals surface area contributed by atoms with Crippen LogP contribution in [0.15, 0.2) is 63.0 Å². The SMILES string of the molecule is O=C(CSc1nc2ccccc2c(=O)n1CCC[NH+]1CCCCC1)c1ccc(Br)cc1. The number of thioether (sulfide) groups is 1. The molecular formula is C24H27BrN3O2S+. The molecule has 1 N–H and O–H groups in total. The van der Waals surface area contributed by atoms with Gasteiger partial charge in [-0.25, -0.2) is 4.98 Å². The Morgan fingerprint density at radius 3 is 2.58 bits per heavy atom. The summed E-state index contributed by atoms with van der Waals surface area (Å²) in [4.78, 5) is 32.2. The molecular weight excluding hydrogens is 474 g/mol. The van der Waals surface area contributed by atoms with Crippen molar-refractivity contribution in [2.24, 2.45) is 0 Å². The number of para-hydroxylation sites is 1. The maximum Gasteiger partial charge on any atom is 0.262 e. The average molecular weight is 501 g/mol. The van der Waals surface area contributed by atoms with E-state index in [0.717, 1.165) is 17.4 Å². The summed E-state index contributed by atoms with van der Waals surface area (Å²) in [5.41, 5.74) is 1.33. The molecule has 0 saturated carbocycles. The molecule has 0 atom stereocenters. The molecule has 1 saturated heterocycles. The molecule has 1 fully saturated rings. The topological polar surface area (TPSA) is 56.4 Å². The molecule has 0 aliphatic carbocycles. The zero-order valence-corrected chi connectivity index (χ0v) is 19.9. The first kappa shape index (κ1) is 22.2. The van der Waals surface area contributed by atoms with Crippen molar-refractivity contribution in [3.63, 3.8) is 0 Å². The second-order valence-electron chi connectivity index (χ2n) is 8.00. The second-order valence-corrected chi connectivity index (χ2v) is 9.86. The summed E-state index contributed by atoms with van der Waals surface area (Å²) in [6, 6.07) is 14.8. The Balaban J connectivity index is 1.52. The third-order valence-electron chi connectivity index (χ3n) is 5.80. The Morgan fingerprint density at radius 1 is 1.06 bits per heavy atom. The number of hydrogen-bond acceptors (Lipinski definition) is 4. The zero-order valence-electron chi connectivity index (χ0n) is 17.5. The predicted octanol–water partition coefficient (Wildman–Crippen LogP) is 3.59. The minimum atomic E-state index is -0.0159. The summed E-state index contributed by atoms with van der Waals surface area (Å²) in [7, 11) is 0. The highest BCUT2D eigenvalue weighted by atomic mass is 79.9. The number of carbonyl (C=O) groups is 1. The number of carbonyl (C=O) groups excluding carboxylic acids is 1. The summed E-state index contributed by atoms with van der Waals surface area (Å²) in [6.45, 7) is 4.17. The molecule has 0 spiro atoms. The highest BCUT2D eigenvalue weighted by molar-refractivity contribution is 9.10. The molecule has 31 heavy (non-hydrogen) atoms. The van der Waals surface area contributed by atoms with Gasteiger partial charge in [-0.3, -0.25) is 14.2 Å². The van der Waals surface area contributed by atoms with Crippen LogP contribution in [0.3, 0.4) is 0 Å². The van der Waals surface area contributed by atoms with Crippen molar-refractivity contribution in [1.82, 2.24) is 9.55 Å². The van der Waals surface area contributed by atoms with Gasteiger partial charge in [-0.05, 0) is 43.5 Å². The number of quaternary nitrogens is 1. The Kier molecular flexibility index (Phi) is 7.58. The van der Waals surface area contributed by atoms with Gasteiger partial charge >= 0.3 is 0 Å². The van der Waals surface area contributed by atoms with Crippen LogP contribution in [0, 0.1) is 0 Å². The first-order chi connectivity index (χ1) is 15.1. The van der Waals surface area contributed by atoms with Crippen molar-refractivity contribution in [2.75, 3.05) is 25.4 Å². The molecule has 1 aliphatic heterocycles. The summed E-state index contributed by atoms with van der Waals surface area (Å²) in [5.74, 6) is 0.285. The zero-order chi connectivity index (χ0) is 21.6. The second kappa shape index (κ2) is 10.6. The van der Waals surface area contributed by atoms with Crippen LogP contribution in [0.2, 0.25) is 0 Å². The van der Waals surface area contributed by atoms with E-state index in [1.54, 1.807) is 9.47 Å². The highest BCUT2D eigenvalue weighted by Crippen LogP contribution is 2.20. The lowest BCUT2D eigenvalue weighted by molar-refractivity contribution is -0.905. The Morgan fingerprint density at radius 2 is 1.81 bits per heavy atom. The largest absolute Gasteiger partial charge is 0.335 e. The Bertz CT molecular complexity index is 1110. The number of nitrogens with one attached hydrogen (secondary N) is 1. The molecule has 162 valence electrons. The number of likely N-dealkylation sites (tertiary alicyclic amines) is 1. The van der Waals surface area contributed by atoms with Gasteiger partial charge in [0.05, 0.1) is 36.3 Å². The fraction of sp³-hybridized carbons (Fsp3) is 0.375. The van der Waals surface area contributed by atoms with E-state index < -0.39 is 0 Å². The molecule has 0 unspecified atom stereocenters. The summed E-state index contributed by atoms with van der Waals surface area (Å²) < 4.78 is 2.71. The van der Waals surface area contributed by atoms with Gasteiger partial charge in [-0.2, -0.15) is 0 Å². The monoisotopic (exact) mass is 500 g/mol. The summed E-state index contributed by atoms with van der Waals surface area (Å²) in [5, 5.41) is 1.26. The van der Waals surface area contributed by atoms with Crippen LogP contribution < -0.4 is 10.5 Å². The maximum absolute atomic E-state index is 13.2. The summed E-state index contributed by atoms with van der Waals surface area (Å²) in [6.07, 6.45) is 4.87. The standard InChI is InChI=1S/C24H26BrN3O2S/c25-19-11-9-18(10-12-19)22(29)17-31-24-26-21-8-3-2-7-20(21)23(30)28(24)16-6-15-27-13-4-1-5-14-27/h2-3,7-12H,1,4-6,13-17H2/p+1. The number of fused-ring (bicyclic) bond motifs is 1. The third kappa shape index (κ3) is 5.64. The predicted molar refractivity (Wildman–Crippen MR) is 129 cm³/mol. The number of hydrogen-bond donors (Lipinski definition) is 1. The van der Waals surface area contributed by atoms with Crippen molar-refractivity contribution in [1.29, 1.82) is 0 Å². The van der Waals surface area contributed by atoms with Gasteiger partial charge in [0.15, 0.2) is 10.9 Å². The van der Waals surface area contributed by atoms with E-state index in [9.17, 15) is 9.59 Å². The molecule has 2 aromatic carbocycles. The van der Waals surface area contributed by atoms with Crippen molar-refractivity contribution in [2.45, 2.75) is 37.4 Å². The van der Waals surface area contributed by atoms with Gasteiger partial charge in [0, 0.05) is 23.0 Å². The van der Waals surface area contributed by atoms with Gasteiger partial charge in [0.25, 0.3) is 5.56 Å². The van der Waals surface area contributed by atoms with Crippen molar-refractivity contribution >= 4 is 44.4 Å². The fourth-order valence-corrected chi connectivity index (χ4v) is 5.28. The number of piperidine rings is 1. The van der Waals surface area contributed by atoms with E-state index in [1.807, 2.05) is 48.5 Å². The number of halogens is 1. The molecule has 1 aliphatic rings. The maximum atomic E-state index is 13.2. The van der Waals surface area contributed by atoms with Crippen LogP contribution in [0.1, 0.15) is 36.0 Å². The van der Waals surface area contributed by atoms with Crippen LogP contribution in [0.25, 0.3) is 10.9 Å². The number of ketones is 1. The van der Waals surface area contributed by atoms with Gasteiger partial charge < -0.3 is 4.90 Å². The number of benzene rings is 2. The fourth-order valence-electron chi connectivity index (χ4n) is 4.09. The van der Waals surface area contributed by atoms with Crippen molar-refractivity contribution in [3.05, 3.63) is 68.9 Å². The third-order valence-corrected chi connectivity index (χ3v) is 7.30. The summed E-state index contributed by atoms with van der Waals surface area (Å²) >= 11 is 4.75. The quantitative estimate of drug-likeness (QED) is 0.291. The molecule has 1 aromatic heterocycles. The lowest BCUT2D eigenvalue weighted by Crippen LogP contribution is -3.12. The Hall–Kier alpha value is -1.96. The van der Waals surface area contributed by atoms with Crippen LogP contribution in [-0.4, -0.2) is 40.7 Å². The van der Waals surface area contributed by atoms with Crippen LogP contribution in [0.4, 0.5) is 0 Å². The average Bonchev–Trinajstić information content (AvgIpc) is 2.80. The lowest BCUT2D eigenvalue weighted by Gasteiger charge is -2.23. The van der Waals surface area contributed by atoms with Gasteiger partial charge in [0.1, 0.15) is 0 Å². The highest BCUT2D eigenvalue weighted by Gasteiger charge is 2.16. The molecule has 5 nitrogen and oxygen atoms in total. The molecule has 3 aromatic rings. The van der Waals surface area contributed by atoms with Gasteiger partial charge in [-0.1, -0.05) is 52.0 Å². The number of aromatic nitrogens is 2. The van der Waals surface area contributed by atoms with Crippen LogP contribution in [-0.2, 0) is 6.54 Å². The number of rotatable bonds is 8. The minimum Gasteiger partial charge on any atom is -0.335 e. The van der Waals surface area contributed by atoms with Crippen LogP contribution in [0.5, 0.6) is 0 Å². The first-order valence-corrected chi connectivity index (χ1v) is 12.6. The normalized spacial score (nSPS) is 14.7. The smallest absolute Gasteiger partial charge is 0.262 e. The number of nitrogens with zero attached hydrogens (tertiary/aromatic N) is 2. The molecule has 4 rings (SSSR count). The van der Waals surface area contributed by atoms with E-state index in [2.05, 4.69) is 15.9 Å². The van der Waals surface area contributed by atoms with Gasteiger partial charge in [0.2, 0.25) is 0 Å². The minimum absolute atomic E-state index is 0.0159. The number of Topliss-reactive ketones (excluding diaryl/α,β-unsaturated/α-hetero) is 1. The van der Waals surface area contributed by atoms with E-state index in [0.29, 0.717) is 28.2 Å². The van der Waals surface area contributed by atoms with E-state index in [-0.39, 0.29) is 17.1 Å². The van der Waals surface area contributed by atoms with E-state index in [4.69, 9.17) is 4.98 Å². The van der Waals surface area contributed by atoms with Gasteiger partial charge in [-0.15, -0.1) is 0 Å². The van der Waals surface area contributed by atoms with Crippen molar-refractivity contribution in [3.8, 4) is 0 Å². The molecule has 0 radical (unpaired) electrons. The molecule has 0 amide bonds. The van der Waals surface area contributed by atoms with E-state index in [1.165, 1.54) is 44.1 Å². The molecule has 7 heteroatoms. The first-order valence-electron chi connectivity index (χ1n) is 10.9. The molecule has 2 heterocycles. The van der Waals surface area contributed by atoms with Crippen LogP contribution >= 0.6 is 27.7 Å². The lowest BCUT2D eigenvalue weighted by atomic mass is 10.1. The van der Waals surface area contributed by atoms with Crippen molar-refractivity contribution < 1.29 is 9.69 Å². The Labute approximate surface area is 195 Å². The van der Waals surface area contributed by atoms with E-state index >= 15 is 0 Å².